The summed E-state index contributed by atoms with van der Waals surface area (Å²) in [4.78, 5) is 28.9. The number of nitrogens with zero attached hydrogens (tertiary/aromatic N) is 2. The van der Waals surface area contributed by atoms with E-state index in [1.54, 1.807) is 6.20 Å². The van der Waals surface area contributed by atoms with E-state index in [0.717, 1.165) is 11.1 Å². The van der Waals surface area contributed by atoms with Crippen LogP contribution >= 0.6 is 0 Å². The van der Waals surface area contributed by atoms with E-state index in [2.05, 4.69) is 26.5 Å². The fourth-order valence-electron chi connectivity index (χ4n) is 2.99. The molecule has 0 saturated heterocycles. The summed E-state index contributed by atoms with van der Waals surface area (Å²) < 4.78 is 5.75. The predicted octanol–water partition coefficient (Wildman–Crippen LogP) is 1.17. The highest BCUT2D eigenvalue weighted by Crippen LogP contribution is 2.30. The smallest absolute Gasteiger partial charge is 0.294 e. The molecule has 0 aliphatic rings. The molecule has 168 valence electrons. The lowest BCUT2D eigenvalue weighted by Crippen LogP contribution is -2.37. The van der Waals surface area contributed by atoms with E-state index in [4.69, 9.17) is 4.74 Å². The van der Waals surface area contributed by atoms with Crippen molar-refractivity contribution in [2.45, 2.75) is 32.3 Å². The molecule has 1 heterocycles. The number of aliphatic hydroxyl groups excluding tert-OH is 1. The van der Waals surface area contributed by atoms with Crippen molar-refractivity contribution in [1.82, 2.24) is 15.6 Å². The van der Waals surface area contributed by atoms with Crippen LogP contribution in [-0.2, 0) is 9.63 Å². The normalized spacial score (nSPS) is 11.6. The molecule has 11 heteroatoms. The maximum Gasteiger partial charge on any atom is 0.294 e. The van der Waals surface area contributed by atoms with Crippen LogP contribution in [0.4, 0.5) is 0 Å². The summed E-state index contributed by atoms with van der Waals surface area (Å²) in [5.74, 6) is 0.401. The van der Waals surface area contributed by atoms with Crippen LogP contribution in [0.25, 0.3) is 10.9 Å². The first-order chi connectivity index (χ1) is 14.9. The van der Waals surface area contributed by atoms with E-state index in [-0.39, 0.29) is 32.1 Å². The Balaban J connectivity index is 1.62. The Kier molecular flexibility index (Phi) is 9.54. The lowest BCUT2D eigenvalue weighted by atomic mass is 10.1. The highest BCUT2D eigenvalue weighted by molar-refractivity contribution is 5.92. The van der Waals surface area contributed by atoms with Crippen molar-refractivity contribution < 1.29 is 24.6 Å². The van der Waals surface area contributed by atoms with Gasteiger partial charge < -0.3 is 30.3 Å². The van der Waals surface area contributed by atoms with Gasteiger partial charge in [0.1, 0.15) is 24.5 Å². The van der Waals surface area contributed by atoms with E-state index < -0.39 is 11.2 Å². The van der Waals surface area contributed by atoms with E-state index in [1.165, 1.54) is 0 Å². The first-order valence-corrected chi connectivity index (χ1v) is 9.98. The average molecular weight is 433 g/mol. The standard InChI is InChI=1S/C20H27N5O6/c1-14-8-17-20(15(10-21)11-24-17)18(9-14)30-13-16(26)12-22-5-6-23-19(27)4-2-3-7-31-25(28)29/h8-9,11,16,22,24,26H,2-7,12-13H2,1H3,(H,23,27). The number of nitrogens with one attached hydrogen (secondary N) is 3. The number of aryl methyl sites for hydroxylation is 1. The molecule has 1 unspecified atom stereocenters. The number of unbranched alkanes of at least 4 members (excludes halogenated alkanes) is 1. The molecule has 0 spiro atoms. The highest BCUT2D eigenvalue weighted by Gasteiger charge is 2.13. The Morgan fingerprint density at radius 3 is 2.94 bits per heavy atom. The molecule has 1 aromatic carbocycles. The molecule has 1 amide bonds. The Hall–Kier alpha value is -3.36. The number of nitriles is 1. The SMILES string of the molecule is Cc1cc(OCC(O)CNCCNC(=O)CCCCO[N+](=O)[O-])c2c(C#N)c[nH]c2c1. The number of carbonyl (C=O) groups is 1. The minimum Gasteiger partial charge on any atom is -0.490 e. The quantitative estimate of drug-likeness (QED) is 0.196. The third kappa shape index (κ3) is 8.12. The van der Waals surface area contributed by atoms with Gasteiger partial charge in [0.15, 0.2) is 0 Å². The molecule has 2 rings (SSSR count). The van der Waals surface area contributed by atoms with Crippen LogP contribution in [0.5, 0.6) is 5.75 Å². The third-order valence-electron chi connectivity index (χ3n) is 4.44. The number of carbonyl (C=O) groups excluding carboxylic acids is 1. The van der Waals surface area contributed by atoms with Gasteiger partial charge in [0.2, 0.25) is 5.91 Å². The van der Waals surface area contributed by atoms with Crippen LogP contribution in [-0.4, -0.2) is 60.0 Å². The first kappa shape index (κ1) is 23.9. The van der Waals surface area contributed by atoms with Gasteiger partial charge in [-0.05, 0) is 37.5 Å². The van der Waals surface area contributed by atoms with Gasteiger partial charge in [0.25, 0.3) is 5.09 Å². The molecule has 4 N–H and O–H groups in total. The molecule has 11 nitrogen and oxygen atoms in total. The Bertz CT molecular complexity index is 923. The Labute approximate surface area is 179 Å². The lowest BCUT2D eigenvalue weighted by molar-refractivity contribution is -0.757. The average Bonchev–Trinajstić information content (AvgIpc) is 3.14. The van der Waals surface area contributed by atoms with Crippen LogP contribution in [0.1, 0.15) is 30.4 Å². The van der Waals surface area contributed by atoms with Gasteiger partial charge in [-0.25, -0.2) is 0 Å². The van der Waals surface area contributed by atoms with Crippen LogP contribution in [0, 0.1) is 28.4 Å². The van der Waals surface area contributed by atoms with Crippen molar-refractivity contribution in [1.29, 1.82) is 5.26 Å². The summed E-state index contributed by atoms with van der Waals surface area (Å²) >= 11 is 0. The van der Waals surface area contributed by atoms with E-state index in [1.807, 2.05) is 19.1 Å². The largest absolute Gasteiger partial charge is 0.490 e. The summed E-state index contributed by atoms with van der Waals surface area (Å²) in [7, 11) is 0. The van der Waals surface area contributed by atoms with Crippen LogP contribution in [0.3, 0.4) is 0 Å². The summed E-state index contributed by atoms with van der Waals surface area (Å²) in [6.07, 6.45) is 2.07. The van der Waals surface area contributed by atoms with Gasteiger partial charge in [-0.3, -0.25) is 4.79 Å². The molecule has 1 aromatic heterocycles. The second-order valence-electron chi connectivity index (χ2n) is 7.03. The number of aromatic nitrogens is 1. The van der Waals surface area contributed by atoms with Gasteiger partial charge in [-0.1, -0.05) is 0 Å². The number of benzene rings is 1. The predicted molar refractivity (Wildman–Crippen MR) is 112 cm³/mol. The van der Waals surface area contributed by atoms with Crippen molar-refractivity contribution >= 4 is 16.8 Å². The summed E-state index contributed by atoms with van der Waals surface area (Å²) in [6.45, 7) is 3.11. The van der Waals surface area contributed by atoms with E-state index in [9.17, 15) is 25.3 Å². The maximum atomic E-state index is 11.7. The van der Waals surface area contributed by atoms with E-state index in [0.29, 0.717) is 42.6 Å². The summed E-state index contributed by atoms with van der Waals surface area (Å²) in [5, 5.41) is 35.0. The van der Waals surface area contributed by atoms with Crippen LogP contribution < -0.4 is 15.4 Å². The summed E-state index contributed by atoms with van der Waals surface area (Å²) in [6, 6.07) is 5.88. The van der Waals surface area contributed by atoms with Crippen molar-refractivity contribution in [3.05, 3.63) is 39.6 Å². The summed E-state index contributed by atoms with van der Waals surface area (Å²) in [5.41, 5.74) is 2.27. The zero-order valence-corrected chi connectivity index (χ0v) is 17.3. The fourth-order valence-corrected chi connectivity index (χ4v) is 2.99. The zero-order chi connectivity index (χ0) is 22.6. The molecule has 0 bridgehead atoms. The molecular formula is C20H27N5O6. The molecule has 31 heavy (non-hydrogen) atoms. The van der Waals surface area contributed by atoms with Gasteiger partial charge >= 0.3 is 0 Å². The monoisotopic (exact) mass is 433 g/mol. The second-order valence-corrected chi connectivity index (χ2v) is 7.03. The maximum absolute atomic E-state index is 11.7. The van der Waals surface area contributed by atoms with Crippen LogP contribution in [0.15, 0.2) is 18.3 Å². The number of H-pyrrole nitrogens is 1. The molecule has 0 aliphatic heterocycles. The fraction of sp³-hybridized carbons (Fsp3) is 0.500. The second kappa shape index (κ2) is 12.4. The topological polar surface area (TPSA) is 163 Å². The first-order valence-electron chi connectivity index (χ1n) is 9.98. The number of aromatic amines is 1. The number of hydrogen-bond acceptors (Lipinski definition) is 8. The molecule has 2 aromatic rings. The van der Waals surface area contributed by atoms with Crippen LogP contribution in [0.2, 0.25) is 0 Å². The van der Waals surface area contributed by atoms with Gasteiger partial charge in [0.05, 0.1) is 23.1 Å². The van der Waals surface area contributed by atoms with Gasteiger partial charge in [-0.2, -0.15) is 5.26 Å². The number of amides is 1. The van der Waals surface area contributed by atoms with Gasteiger partial charge in [0, 0.05) is 32.3 Å². The third-order valence-corrected chi connectivity index (χ3v) is 4.44. The molecular weight excluding hydrogens is 406 g/mol. The minimum absolute atomic E-state index is 0.0161. The number of hydrogen-bond donors (Lipinski definition) is 4. The van der Waals surface area contributed by atoms with Crippen molar-refractivity contribution in [2.75, 3.05) is 32.8 Å². The van der Waals surface area contributed by atoms with Crippen molar-refractivity contribution in [2.24, 2.45) is 0 Å². The number of aliphatic hydroxyl groups is 1. The Morgan fingerprint density at radius 1 is 1.39 bits per heavy atom. The molecule has 0 radical (unpaired) electrons. The minimum atomic E-state index is -0.851. The zero-order valence-electron chi connectivity index (χ0n) is 17.3. The van der Waals surface area contributed by atoms with E-state index >= 15 is 0 Å². The Morgan fingerprint density at radius 2 is 2.19 bits per heavy atom. The molecule has 0 saturated carbocycles. The lowest BCUT2D eigenvalue weighted by Gasteiger charge is -2.15. The highest BCUT2D eigenvalue weighted by atomic mass is 16.9. The molecule has 0 fully saturated rings. The number of ether oxygens (including phenoxy) is 1. The number of fused-ring (bicyclic) bond motifs is 1. The molecule has 0 aliphatic carbocycles. The van der Waals surface area contributed by atoms with Crippen molar-refractivity contribution in [3.63, 3.8) is 0 Å². The molecule has 1 atom stereocenters. The number of rotatable bonds is 14. The van der Waals surface area contributed by atoms with Crippen molar-refractivity contribution in [3.8, 4) is 11.8 Å². The van der Waals surface area contributed by atoms with Gasteiger partial charge in [-0.15, -0.1) is 10.1 Å².